The van der Waals surface area contributed by atoms with Crippen LogP contribution in [0.4, 0.5) is 0 Å². The molecule has 120 valence electrons. The average Bonchev–Trinajstić information content (AvgIpc) is 2.59. The summed E-state index contributed by atoms with van der Waals surface area (Å²) in [6.45, 7) is 4.48. The van der Waals surface area contributed by atoms with Gasteiger partial charge in [0.05, 0.1) is 6.61 Å². The molecular formula is C20H23NO2. The summed E-state index contributed by atoms with van der Waals surface area (Å²) in [4.78, 5) is 15.9. The standard InChI is InChI=1S/C20H23NO2/c1-3-17-8-10-19(11-9-17)16(2)14-20(22)23-13-5-7-18-6-4-12-21-15-18/h4,6,8-12,14-15H,3,5,7,13H2,1-2H3/b16-14+. The maximum Gasteiger partial charge on any atom is 0.331 e. The van der Waals surface area contributed by atoms with E-state index in [1.165, 1.54) is 5.56 Å². The Balaban J connectivity index is 1.78. The maximum absolute atomic E-state index is 11.9. The molecule has 0 amide bonds. The first kappa shape index (κ1) is 16.9. The molecule has 1 aromatic heterocycles. The number of rotatable bonds is 7. The molecule has 0 radical (unpaired) electrons. The molecule has 3 nitrogen and oxygen atoms in total. The van der Waals surface area contributed by atoms with Crippen LogP contribution in [0, 0.1) is 0 Å². The number of benzene rings is 1. The van der Waals surface area contributed by atoms with Crippen molar-refractivity contribution < 1.29 is 9.53 Å². The van der Waals surface area contributed by atoms with Crippen molar-refractivity contribution in [2.75, 3.05) is 6.61 Å². The third-order valence-corrected chi connectivity index (χ3v) is 3.73. The second-order valence-electron chi connectivity index (χ2n) is 5.51. The van der Waals surface area contributed by atoms with E-state index in [0.29, 0.717) is 6.61 Å². The van der Waals surface area contributed by atoms with Gasteiger partial charge < -0.3 is 4.74 Å². The first-order valence-electron chi connectivity index (χ1n) is 8.02. The molecular weight excluding hydrogens is 286 g/mol. The zero-order valence-electron chi connectivity index (χ0n) is 13.8. The van der Waals surface area contributed by atoms with Gasteiger partial charge in [-0.05, 0) is 54.5 Å². The van der Waals surface area contributed by atoms with E-state index in [9.17, 15) is 4.79 Å². The van der Waals surface area contributed by atoms with Gasteiger partial charge in [-0.3, -0.25) is 4.98 Å². The lowest BCUT2D eigenvalue weighted by molar-refractivity contribution is -0.137. The number of nitrogens with zero attached hydrogens (tertiary/aromatic N) is 1. The van der Waals surface area contributed by atoms with E-state index in [0.717, 1.165) is 36.0 Å². The summed E-state index contributed by atoms with van der Waals surface area (Å²) in [5, 5.41) is 0. The number of hydrogen-bond donors (Lipinski definition) is 0. The summed E-state index contributed by atoms with van der Waals surface area (Å²) >= 11 is 0. The van der Waals surface area contributed by atoms with Crippen LogP contribution in [0.2, 0.25) is 0 Å². The number of pyridine rings is 1. The summed E-state index contributed by atoms with van der Waals surface area (Å²) in [5.74, 6) is -0.284. The second kappa shape index (κ2) is 8.89. The summed E-state index contributed by atoms with van der Waals surface area (Å²) in [7, 11) is 0. The van der Waals surface area contributed by atoms with Crippen molar-refractivity contribution in [3.05, 3.63) is 71.6 Å². The Morgan fingerprint density at radius 2 is 1.96 bits per heavy atom. The highest BCUT2D eigenvalue weighted by atomic mass is 16.5. The van der Waals surface area contributed by atoms with Crippen LogP contribution >= 0.6 is 0 Å². The van der Waals surface area contributed by atoms with E-state index in [1.54, 1.807) is 12.3 Å². The van der Waals surface area contributed by atoms with E-state index in [4.69, 9.17) is 4.74 Å². The monoisotopic (exact) mass is 309 g/mol. The van der Waals surface area contributed by atoms with Crippen LogP contribution in [-0.4, -0.2) is 17.6 Å². The summed E-state index contributed by atoms with van der Waals surface area (Å²) < 4.78 is 5.27. The van der Waals surface area contributed by atoms with Crippen LogP contribution in [0.5, 0.6) is 0 Å². The molecule has 1 heterocycles. The Hall–Kier alpha value is -2.42. The molecule has 2 rings (SSSR count). The Morgan fingerprint density at radius 1 is 1.17 bits per heavy atom. The van der Waals surface area contributed by atoms with Crippen LogP contribution in [0.25, 0.3) is 5.57 Å². The van der Waals surface area contributed by atoms with E-state index >= 15 is 0 Å². The molecule has 0 fully saturated rings. The smallest absolute Gasteiger partial charge is 0.331 e. The van der Waals surface area contributed by atoms with Gasteiger partial charge in [0.15, 0.2) is 0 Å². The molecule has 0 aliphatic carbocycles. The highest BCUT2D eigenvalue weighted by molar-refractivity contribution is 5.90. The van der Waals surface area contributed by atoms with E-state index in [-0.39, 0.29) is 5.97 Å². The Kier molecular flexibility index (Phi) is 6.55. The number of aromatic nitrogens is 1. The molecule has 2 aromatic rings. The van der Waals surface area contributed by atoms with Crippen LogP contribution in [-0.2, 0) is 22.4 Å². The summed E-state index contributed by atoms with van der Waals surface area (Å²) in [6.07, 6.45) is 7.83. The minimum atomic E-state index is -0.284. The molecule has 23 heavy (non-hydrogen) atoms. The highest BCUT2D eigenvalue weighted by Gasteiger charge is 2.02. The van der Waals surface area contributed by atoms with Gasteiger partial charge >= 0.3 is 5.97 Å². The fraction of sp³-hybridized carbons (Fsp3) is 0.300. The first-order valence-corrected chi connectivity index (χ1v) is 8.02. The van der Waals surface area contributed by atoms with Crippen molar-refractivity contribution in [3.63, 3.8) is 0 Å². The van der Waals surface area contributed by atoms with Gasteiger partial charge in [-0.1, -0.05) is 37.3 Å². The van der Waals surface area contributed by atoms with E-state index in [1.807, 2.05) is 37.4 Å². The zero-order chi connectivity index (χ0) is 16.5. The minimum absolute atomic E-state index is 0.284. The van der Waals surface area contributed by atoms with Gasteiger partial charge in [0.2, 0.25) is 0 Å². The number of esters is 1. The SMILES string of the molecule is CCc1ccc(/C(C)=C/C(=O)OCCCc2cccnc2)cc1. The maximum atomic E-state index is 11.9. The van der Waals surface area contributed by atoms with Crippen LogP contribution in [0.3, 0.4) is 0 Å². The molecule has 3 heteroatoms. The Labute approximate surface area is 138 Å². The predicted octanol–water partition coefficient (Wildman–Crippen LogP) is 4.22. The number of carbonyl (C=O) groups excluding carboxylic acids is 1. The average molecular weight is 309 g/mol. The van der Waals surface area contributed by atoms with E-state index in [2.05, 4.69) is 24.0 Å². The van der Waals surface area contributed by atoms with Crippen LogP contribution < -0.4 is 0 Å². The topological polar surface area (TPSA) is 39.2 Å². The predicted molar refractivity (Wildman–Crippen MR) is 93.0 cm³/mol. The molecule has 0 unspecified atom stereocenters. The van der Waals surface area contributed by atoms with Crippen LogP contribution in [0.15, 0.2) is 54.9 Å². The lowest BCUT2D eigenvalue weighted by atomic mass is 10.0. The van der Waals surface area contributed by atoms with Crippen molar-refractivity contribution >= 4 is 11.5 Å². The number of ether oxygens (including phenoxy) is 1. The molecule has 0 spiro atoms. The number of allylic oxidation sites excluding steroid dienone is 1. The Bertz CT molecular complexity index is 645. The van der Waals surface area contributed by atoms with Crippen LogP contribution in [0.1, 0.15) is 37.0 Å². The first-order chi connectivity index (χ1) is 11.2. The lowest BCUT2D eigenvalue weighted by Gasteiger charge is -2.05. The van der Waals surface area contributed by atoms with Gasteiger partial charge in [-0.15, -0.1) is 0 Å². The third kappa shape index (κ3) is 5.70. The van der Waals surface area contributed by atoms with Crippen molar-refractivity contribution in [2.24, 2.45) is 0 Å². The summed E-state index contributed by atoms with van der Waals surface area (Å²) in [6, 6.07) is 12.2. The third-order valence-electron chi connectivity index (χ3n) is 3.73. The molecule has 0 saturated heterocycles. The molecule has 0 N–H and O–H groups in total. The van der Waals surface area contributed by atoms with Crippen molar-refractivity contribution in [1.82, 2.24) is 4.98 Å². The van der Waals surface area contributed by atoms with E-state index < -0.39 is 0 Å². The molecule has 0 atom stereocenters. The Morgan fingerprint density at radius 3 is 2.61 bits per heavy atom. The molecule has 0 bridgehead atoms. The number of carbonyl (C=O) groups is 1. The molecule has 1 aromatic carbocycles. The van der Waals surface area contributed by atoms with Crippen molar-refractivity contribution in [1.29, 1.82) is 0 Å². The normalized spacial score (nSPS) is 11.3. The largest absolute Gasteiger partial charge is 0.463 e. The lowest BCUT2D eigenvalue weighted by Crippen LogP contribution is -2.04. The molecule has 0 aliphatic heterocycles. The number of hydrogen-bond acceptors (Lipinski definition) is 3. The van der Waals surface area contributed by atoms with Crippen molar-refractivity contribution in [2.45, 2.75) is 33.1 Å². The quantitative estimate of drug-likeness (QED) is 0.436. The van der Waals surface area contributed by atoms with Crippen molar-refractivity contribution in [3.8, 4) is 0 Å². The highest BCUT2D eigenvalue weighted by Crippen LogP contribution is 2.15. The van der Waals surface area contributed by atoms with Gasteiger partial charge in [0.1, 0.15) is 0 Å². The van der Waals surface area contributed by atoms with Gasteiger partial charge in [-0.25, -0.2) is 4.79 Å². The van der Waals surface area contributed by atoms with Gasteiger partial charge in [0, 0.05) is 18.5 Å². The zero-order valence-corrected chi connectivity index (χ0v) is 13.8. The number of aryl methyl sites for hydroxylation is 2. The minimum Gasteiger partial charge on any atom is -0.463 e. The molecule has 0 aliphatic rings. The van der Waals surface area contributed by atoms with Gasteiger partial charge in [0.25, 0.3) is 0 Å². The van der Waals surface area contributed by atoms with Gasteiger partial charge in [-0.2, -0.15) is 0 Å². The second-order valence-corrected chi connectivity index (χ2v) is 5.51. The summed E-state index contributed by atoms with van der Waals surface area (Å²) in [5.41, 5.74) is 4.42. The molecule has 0 saturated carbocycles. The fourth-order valence-corrected chi connectivity index (χ4v) is 2.30. The fourth-order valence-electron chi connectivity index (χ4n) is 2.30.